The van der Waals surface area contributed by atoms with E-state index in [1.807, 2.05) is 12.3 Å². The van der Waals surface area contributed by atoms with Gasteiger partial charge < -0.3 is 9.47 Å². The van der Waals surface area contributed by atoms with Crippen molar-refractivity contribution in [3.05, 3.63) is 23.3 Å². The van der Waals surface area contributed by atoms with Crippen LogP contribution in [0.3, 0.4) is 0 Å². The third-order valence-corrected chi connectivity index (χ3v) is 2.87. The summed E-state index contributed by atoms with van der Waals surface area (Å²) in [5, 5.41) is 0. The SMILES string of the molecule is CCCOc1cc2c(cc1OC)CC(C)N=C2. The third-order valence-electron chi connectivity index (χ3n) is 2.87. The largest absolute Gasteiger partial charge is 0.493 e. The van der Waals surface area contributed by atoms with Crippen LogP contribution in [0.5, 0.6) is 11.5 Å². The van der Waals surface area contributed by atoms with E-state index in [1.54, 1.807) is 7.11 Å². The van der Waals surface area contributed by atoms with Crippen LogP contribution in [0, 0.1) is 0 Å². The van der Waals surface area contributed by atoms with E-state index in [1.165, 1.54) is 5.56 Å². The molecule has 17 heavy (non-hydrogen) atoms. The van der Waals surface area contributed by atoms with Crippen LogP contribution in [0.25, 0.3) is 0 Å². The highest BCUT2D eigenvalue weighted by Gasteiger charge is 2.15. The van der Waals surface area contributed by atoms with Gasteiger partial charge in [0.2, 0.25) is 0 Å². The lowest BCUT2D eigenvalue weighted by atomic mass is 9.98. The summed E-state index contributed by atoms with van der Waals surface area (Å²) in [6.45, 7) is 4.92. The fraction of sp³-hybridized carbons (Fsp3) is 0.500. The summed E-state index contributed by atoms with van der Waals surface area (Å²) in [7, 11) is 1.68. The van der Waals surface area contributed by atoms with E-state index in [-0.39, 0.29) is 0 Å². The van der Waals surface area contributed by atoms with Gasteiger partial charge in [0, 0.05) is 6.21 Å². The number of nitrogens with zero attached hydrogens (tertiary/aromatic N) is 1. The normalized spacial score (nSPS) is 17.7. The van der Waals surface area contributed by atoms with Gasteiger partial charge >= 0.3 is 0 Å². The molecule has 1 aromatic rings. The van der Waals surface area contributed by atoms with Crippen LogP contribution in [0.2, 0.25) is 0 Å². The summed E-state index contributed by atoms with van der Waals surface area (Å²) in [5.41, 5.74) is 2.43. The monoisotopic (exact) mass is 233 g/mol. The number of methoxy groups -OCH3 is 1. The molecule has 0 aliphatic carbocycles. The topological polar surface area (TPSA) is 30.8 Å². The molecular weight excluding hydrogens is 214 g/mol. The first-order chi connectivity index (χ1) is 8.24. The van der Waals surface area contributed by atoms with Crippen molar-refractivity contribution >= 4 is 6.21 Å². The van der Waals surface area contributed by atoms with Crippen molar-refractivity contribution in [1.82, 2.24) is 0 Å². The van der Waals surface area contributed by atoms with Crippen molar-refractivity contribution in [2.45, 2.75) is 32.7 Å². The second-order valence-corrected chi connectivity index (χ2v) is 4.38. The fourth-order valence-electron chi connectivity index (χ4n) is 1.98. The highest BCUT2D eigenvalue weighted by Crippen LogP contribution is 2.32. The Hall–Kier alpha value is -1.51. The maximum absolute atomic E-state index is 5.68. The van der Waals surface area contributed by atoms with E-state index >= 15 is 0 Å². The molecule has 1 heterocycles. The van der Waals surface area contributed by atoms with Crippen LogP contribution in [0.15, 0.2) is 17.1 Å². The maximum atomic E-state index is 5.68. The molecule has 0 fully saturated rings. The summed E-state index contributed by atoms with van der Waals surface area (Å²) in [4.78, 5) is 4.43. The van der Waals surface area contributed by atoms with E-state index in [4.69, 9.17) is 9.47 Å². The molecule has 1 aliphatic heterocycles. The van der Waals surface area contributed by atoms with Gasteiger partial charge in [-0.05, 0) is 43.0 Å². The Bertz CT molecular complexity index is 426. The molecule has 0 radical (unpaired) electrons. The minimum atomic E-state index is 0.356. The molecule has 0 N–H and O–H groups in total. The zero-order valence-electron chi connectivity index (χ0n) is 10.7. The predicted molar refractivity (Wildman–Crippen MR) is 69.5 cm³/mol. The van der Waals surface area contributed by atoms with E-state index in [0.29, 0.717) is 12.6 Å². The number of ether oxygens (including phenoxy) is 2. The Morgan fingerprint density at radius 3 is 2.88 bits per heavy atom. The smallest absolute Gasteiger partial charge is 0.161 e. The quantitative estimate of drug-likeness (QED) is 0.800. The van der Waals surface area contributed by atoms with Gasteiger partial charge in [-0.25, -0.2) is 0 Å². The molecule has 1 atom stereocenters. The van der Waals surface area contributed by atoms with Gasteiger partial charge in [0.15, 0.2) is 11.5 Å². The van der Waals surface area contributed by atoms with Crippen molar-refractivity contribution in [1.29, 1.82) is 0 Å². The standard InChI is InChI=1S/C14H19NO2/c1-4-5-17-14-8-12-9-15-10(2)6-11(12)7-13(14)16-3/h7-10H,4-6H2,1-3H3. The summed E-state index contributed by atoms with van der Waals surface area (Å²) in [6.07, 6.45) is 3.89. The molecule has 0 amide bonds. The van der Waals surface area contributed by atoms with Crippen LogP contribution in [-0.4, -0.2) is 26.0 Å². The van der Waals surface area contributed by atoms with E-state index in [0.717, 1.165) is 29.9 Å². The summed E-state index contributed by atoms with van der Waals surface area (Å²) < 4.78 is 11.1. The number of benzene rings is 1. The Labute approximate surface area is 102 Å². The molecule has 1 aromatic carbocycles. The average Bonchev–Trinajstić information content (AvgIpc) is 2.35. The third kappa shape index (κ3) is 2.60. The van der Waals surface area contributed by atoms with Gasteiger partial charge in [-0.3, -0.25) is 4.99 Å². The van der Waals surface area contributed by atoms with Crippen LogP contribution in [-0.2, 0) is 6.42 Å². The van der Waals surface area contributed by atoms with Crippen LogP contribution < -0.4 is 9.47 Å². The minimum Gasteiger partial charge on any atom is -0.493 e. The molecule has 2 rings (SSSR count). The first-order valence-electron chi connectivity index (χ1n) is 6.11. The molecule has 0 bridgehead atoms. The summed E-state index contributed by atoms with van der Waals surface area (Å²) in [5.74, 6) is 1.63. The molecule has 92 valence electrons. The van der Waals surface area contributed by atoms with Gasteiger partial charge in [-0.1, -0.05) is 6.92 Å². The summed E-state index contributed by atoms with van der Waals surface area (Å²) in [6, 6.07) is 4.45. The number of aliphatic imine (C=N–C) groups is 1. The van der Waals surface area contributed by atoms with Crippen molar-refractivity contribution in [3.8, 4) is 11.5 Å². The van der Waals surface area contributed by atoms with E-state index in [2.05, 4.69) is 24.9 Å². The fourth-order valence-corrected chi connectivity index (χ4v) is 1.98. The van der Waals surface area contributed by atoms with Crippen molar-refractivity contribution in [2.24, 2.45) is 4.99 Å². The van der Waals surface area contributed by atoms with E-state index < -0.39 is 0 Å². The van der Waals surface area contributed by atoms with Crippen molar-refractivity contribution in [3.63, 3.8) is 0 Å². The lowest BCUT2D eigenvalue weighted by molar-refractivity contribution is 0.294. The first-order valence-corrected chi connectivity index (χ1v) is 6.11. The average molecular weight is 233 g/mol. The number of fused-ring (bicyclic) bond motifs is 1. The second-order valence-electron chi connectivity index (χ2n) is 4.38. The Kier molecular flexibility index (Phi) is 3.67. The van der Waals surface area contributed by atoms with Crippen LogP contribution >= 0.6 is 0 Å². The number of rotatable bonds is 4. The second kappa shape index (κ2) is 5.21. The molecule has 0 saturated carbocycles. The zero-order chi connectivity index (χ0) is 12.3. The maximum Gasteiger partial charge on any atom is 0.161 e. The molecule has 0 spiro atoms. The Balaban J connectivity index is 2.33. The molecule has 3 nitrogen and oxygen atoms in total. The molecule has 3 heteroatoms. The molecule has 1 unspecified atom stereocenters. The highest BCUT2D eigenvalue weighted by molar-refractivity contribution is 5.84. The van der Waals surface area contributed by atoms with Crippen LogP contribution in [0.1, 0.15) is 31.4 Å². The predicted octanol–water partition coefficient (Wildman–Crippen LogP) is 2.85. The van der Waals surface area contributed by atoms with E-state index in [9.17, 15) is 0 Å². The zero-order valence-corrected chi connectivity index (χ0v) is 10.7. The van der Waals surface area contributed by atoms with Gasteiger partial charge in [-0.2, -0.15) is 0 Å². The van der Waals surface area contributed by atoms with Crippen LogP contribution in [0.4, 0.5) is 0 Å². The van der Waals surface area contributed by atoms with Gasteiger partial charge in [0.25, 0.3) is 0 Å². The molecular formula is C14H19NO2. The number of hydrogen-bond donors (Lipinski definition) is 0. The van der Waals surface area contributed by atoms with Gasteiger partial charge in [-0.15, -0.1) is 0 Å². The molecule has 1 aliphatic rings. The van der Waals surface area contributed by atoms with Crippen molar-refractivity contribution < 1.29 is 9.47 Å². The van der Waals surface area contributed by atoms with Gasteiger partial charge in [0.05, 0.1) is 19.8 Å². The Morgan fingerprint density at radius 2 is 2.18 bits per heavy atom. The molecule has 0 aromatic heterocycles. The lowest BCUT2D eigenvalue weighted by Gasteiger charge is -2.18. The Morgan fingerprint density at radius 1 is 1.35 bits per heavy atom. The van der Waals surface area contributed by atoms with Crippen molar-refractivity contribution in [2.75, 3.05) is 13.7 Å². The first kappa shape index (κ1) is 12.0. The lowest BCUT2D eigenvalue weighted by Crippen LogP contribution is -2.12. The van der Waals surface area contributed by atoms with Gasteiger partial charge in [0.1, 0.15) is 0 Å². The minimum absolute atomic E-state index is 0.356. The summed E-state index contributed by atoms with van der Waals surface area (Å²) >= 11 is 0. The highest BCUT2D eigenvalue weighted by atomic mass is 16.5. The number of hydrogen-bond acceptors (Lipinski definition) is 3. The molecule has 0 saturated heterocycles.